The predicted molar refractivity (Wildman–Crippen MR) is 72.5 cm³/mol. The van der Waals surface area contributed by atoms with E-state index < -0.39 is 7.94 Å². The van der Waals surface area contributed by atoms with Gasteiger partial charge in [0.1, 0.15) is 0 Å². The van der Waals surface area contributed by atoms with E-state index in [9.17, 15) is 4.89 Å². The number of thioether (sulfide) groups is 1. The van der Waals surface area contributed by atoms with Gasteiger partial charge in [-0.1, -0.05) is 0 Å². The Morgan fingerprint density at radius 1 is 1.41 bits per heavy atom. The monoisotopic (exact) mass is 280 g/mol. The van der Waals surface area contributed by atoms with Crippen molar-refractivity contribution < 1.29 is 13.9 Å². The maximum atomic E-state index is 10.3. The van der Waals surface area contributed by atoms with Gasteiger partial charge < -0.3 is 0 Å². The van der Waals surface area contributed by atoms with Crippen molar-refractivity contribution in [2.24, 2.45) is 7.05 Å². The van der Waals surface area contributed by atoms with Crippen LogP contribution in [0.2, 0.25) is 0 Å². The average molecular weight is 280 g/mol. The zero-order chi connectivity index (χ0) is 12.9. The van der Waals surface area contributed by atoms with Gasteiger partial charge >= 0.3 is 107 Å². The SMILES string of the molecule is CCO[PH](O)(Cc1cc(SC)n(C)n1)OCC. The molecule has 1 N–H and O–H groups in total. The molecule has 7 heteroatoms. The Morgan fingerprint density at radius 3 is 2.41 bits per heavy atom. The molecular weight excluding hydrogens is 259 g/mol. The fourth-order valence-corrected chi connectivity index (χ4v) is 3.99. The van der Waals surface area contributed by atoms with Crippen LogP contribution in [0.5, 0.6) is 0 Å². The van der Waals surface area contributed by atoms with Crippen LogP contribution in [0.15, 0.2) is 11.1 Å². The fraction of sp³-hybridized carbons (Fsp3) is 0.700. The maximum absolute atomic E-state index is 10.3. The van der Waals surface area contributed by atoms with Gasteiger partial charge in [0.05, 0.1) is 0 Å². The molecule has 0 aliphatic carbocycles. The average Bonchev–Trinajstić information content (AvgIpc) is 2.58. The van der Waals surface area contributed by atoms with Gasteiger partial charge in [-0.05, 0) is 0 Å². The van der Waals surface area contributed by atoms with Crippen LogP contribution in [0.4, 0.5) is 0 Å². The summed E-state index contributed by atoms with van der Waals surface area (Å²) in [6, 6.07) is 1.96. The van der Waals surface area contributed by atoms with E-state index in [0.29, 0.717) is 19.4 Å². The molecule has 0 bridgehead atoms. The van der Waals surface area contributed by atoms with Gasteiger partial charge in [0.25, 0.3) is 0 Å². The molecule has 0 atom stereocenters. The number of hydrogen-bond donors (Lipinski definition) is 1. The quantitative estimate of drug-likeness (QED) is 0.613. The Kier molecular flexibility index (Phi) is 5.89. The summed E-state index contributed by atoms with van der Waals surface area (Å²) in [4.78, 5) is 10.3. The number of nitrogens with zero attached hydrogens (tertiary/aromatic N) is 2. The summed E-state index contributed by atoms with van der Waals surface area (Å²) in [5.41, 5.74) is 0.813. The van der Waals surface area contributed by atoms with Crippen molar-refractivity contribution in [2.45, 2.75) is 25.0 Å². The molecule has 0 unspecified atom stereocenters. The number of aryl methyl sites for hydroxylation is 1. The van der Waals surface area contributed by atoms with Gasteiger partial charge in [-0.3, -0.25) is 0 Å². The normalized spacial score (nSPS) is 13.0. The zero-order valence-corrected chi connectivity index (χ0v) is 12.6. The summed E-state index contributed by atoms with van der Waals surface area (Å²) in [5, 5.41) is 5.40. The van der Waals surface area contributed by atoms with E-state index in [4.69, 9.17) is 9.05 Å². The molecule has 0 saturated heterocycles. The van der Waals surface area contributed by atoms with Gasteiger partial charge in [0.15, 0.2) is 0 Å². The van der Waals surface area contributed by atoms with E-state index in [-0.39, 0.29) is 0 Å². The first-order chi connectivity index (χ1) is 8.04. The van der Waals surface area contributed by atoms with E-state index in [2.05, 4.69) is 5.10 Å². The zero-order valence-electron chi connectivity index (χ0n) is 10.8. The van der Waals surface area contributed by atoms with Gasteiger partial charge in [0.2, 0.25) is 0 Å². The van der Waals surface area contributed by atoms with Crippen LogP contribution in [0, 0.1) is 0 Å². The molecular formula is C10H21N2O3PS. The third-order valence-corrected chi connectivity index (χ3v) is 5.33. The van der Waals surface area contributed by atoms with E-state index in [1.54, 1.807) is 16.4 Å². The van der Waals surface area contributed by atoms with Crippen LogP contribution < -0.4 is 0 Å². The number of rotatable bonds is 7. The summed E-state index contributed by atoms with van der Waals surface area (Å²) in [6.45, 7) is 4.60. The van der Waals surface area contributed by atoms with Crippen LogP contribution in [0.1, 0.15) is 19.5 Å². The van der Waals surface area contributed by atoms with E-state index >= 15 is 0 Å². The summed E-state index contributed by atoms with van der Waals surface area (Å²) in [5.74, 6) is 0. The summed E-state index contributed by atoms with van der Waals surface area (Å²) < 4.78 is 12.5. The van der Waals surface area contributed by atoms with Crippen LogP contribution in [-0.4, -0.2) is 34.1 Å². The molecule has 1 rings (SSSR count). The molecule has 0 aromatic carbocycles. The summed E-state index contributed by atoms with van der Waals surface area (Å²) in [7, 11) is -1.21. The Balaban J connectivity index is 2.78. The summed E-state index contributed by atoms with van der Waals surface area (Å²) in [6.07, 6.45) is 2.36. The van der Waals surface area contributed by atoms with E-state index in [1.807, 2.05) is 33.2 Å². The van der Waals surface area contributed by atoms with Gasteiger partial charge in [-0.25, -0.2) is 0 Å². The minimum atomic E-state index is -3.10. The third kappa shape index (κ3) is 4.23. The van der Waals surface area contributed by atoms with Crippen molar-refractivity contribution >= 4 is 19.7 Å². The van der Waals surface area contributed by atoms with Crippen molar-refractivity contribution in [1.82, 2.24) is 9.78 Å². The van der Waals surface area contributed by atoms with Crippen molar-refractivity contribution in [3.05, 3.63) is 11.8 Å². The molecule has 0 aliphatic rings. The molecule has 0 fully saturated rings. The standard InChI is InChI=1S/C10H21N2O3PS/c1-5-14-16(13,15-6-2)8-9-7-10(17-4)12(3)11-9/h7,13,16H,5-6,8H2,1-4H3. The number of hydrogen-bond acceptors (Lipinski definition) is 5. The van der Waals surface area contributed by atoms with Crippen LogP contribution in [0.3, 0.4) is 0 Å². The molecule has 0 saturated carbocycles. The molecule has 5 nitrogen and oxygen atoms in total. The first-order valence-corrected chi connectivity index (χ1v) is 8.81. The van der Waals surface area contributed by atoms with Crippen molar-refractivity contribution in [2.75, 3.05) is 19.5 Å². The Labute approximate surface area is 107 Å². The molecule has 0 radical (unpaired) electrons. The van der Waals surface area contributed by atoms with E-state index in [0.717, 1.165) is 10.7 Å². The minimum absolute atomic E-state index is 0.364. The second-order valence-electron chi connectivity index (χ2n) is 3.56. The second-order valence-corrected chi connectivity index (χ2v) is 6.74. The Bertz CT molecular complexity index is 353. The molecule has 1 heterocycles. The molecule has 1 aromatic heterocycles. The van der Waals surface area contributed by atoms with Crippen molar-refractivity contribution in [1.29, 1.82) is 0 Å². The Hall–Kier alpha value is -0.130. The summed E-state index contributed by atoms with van der Waals surface area (Å²) >= 11 is 1.62. The first-order valence-electron chi connectivity index (χ1n) is 5.61. The van der Waals surface area contributed by atoms with E-state index in [1.165, 1.54) is 0 Å². The first kappa shape index (κ1) is 14.9. The molecule has 17 heavy (non-hydrogen) atoms. The van der Waals surface area contributed by atoms with Gasteiger partial charge in [-0.15, -0.1) is 0 Å². The molecule has 100 valence electrons. The third-order valence-electron chi connectivity index (χ3n) is 2.24. The molecule has 0 amide bonds. The topological polar surface area (TPSA) is 56.5 Å². The van der Waals surface area contributed by atoms with Crippen LogP contribution in [-0.2, 0) is 22.3 Å². The molecule has 0 aliphatic heterocycles. The predicted octanol–water partition coefficient (Wildman–Crippen LogP) is 2.20. The second kappa shape index (κ2) is 6.71. The number of aromatic nitrogens is 2. The molecule has 0 spiro atoms. The van der Waals surface area contributed by atoms with Gasteiger partial charge in [0, 0.05) is 0 Å². The molecule has 1 aromatic rings. The van der Waals surface area contributed by atoms with Crippen molar-refractivity contribution in [3.63, 3.8) is 0 Å². The van der Waals surface area contributed by atoms with Crippen LogP contribution >= 0.6 is 19.7 Å². The van der Waals surface area contributed by atoms with Crippen LogP contribution in [0.25, 0.3) is 0 Å². The fourth-order valence-electron chi connectivity index (χ4n) is 1.61. The Morgan fingerprint density at radius 2 is 2.00 bits per heavy atom. The van der Waals surface area contributed by atoms with Gasteiger partial charge in [-0.2, -0.15) is 0 Å². The van der Waals surface area contributed by atoms with Crippen molar-refractivity contribution in [3.8, 4) is 0 Å².